The lowest BCUT2D eigenvalue weighted by Crippen LogP contribution is -2.15. The van der Waals surface area contributed by atoms with E-state index in [2.05, 4.69) is 5.32 Å². The first kappa shape index (κ1) is 11.5. The highest BCUT2D eigenvalue weighted by molar-refractivity contribution is 5.31. The predicted molar refractivity (Wildman–Crippen MR) is 55.0 cm³/mol. The second-order valence-corrected chi connectivity index (χ2v) is 3.10. The Kier molecular flexibility index (Phi) is 4.07. The Morgan fingerprint density at radius 1 is 1.60 bits per heavy atom. The van der Waals surface area contributed by atoms with Gasteiger partial charge in [-0.25, -0.2) is 4.39 Å². The largest absolute Gasteiger partial charge is 0.494 e. The normalized spacial score (nSPS) is 11.9. The minimum Gasteiger partial charge on any atom is -0.494 e. The molecule has 0 saturated carbocycles. The van der Waals surface area contributed by atoms with Crippen LogP contribution in [-0.2, 0) is 0 Å². The Morgan fingerprint density at radius 3 is 2.80 bits per heavy atom. The van der Waals surface area contributed by atoms with Gasteiger partial charge < -0.3 is 10.1 Å². The average molecular weight is 208 g/mol. The molecule has 1 rings (SSSR count). The van der Waals surface area contributed by atoms with E-state index in [1.54, 1.807) is 19.2 Å². The number of hydrogen-bond donors (Lipinski definition) is 1. The summed E-state index contributed by atoms with van der Waals surface area (Å²) in [6, 6.07) is 6.60. The second kappa shape index (κ2) is 5.32. The summed E-state index contributed by atoms with van der Waals surface area (Å²) in [4.78, 5) is 0. The zero-order valence-corrected chi connectivity index (χ0v) is 8.75. The highest BCUT2D eigenvalue weighted by Crippen LogP contribution is 2.23. The molecule has 3 nitrogen and oxygen atoms in total. The van der Waals surface area contributed by atoms with Gasteiger partial charge in [0.1, 0.15) is 0 Å². The Hall–Kier alpha value is -1.60. The van der Waals surface area contributed by atoms with E-state index in [-0.39, 0.29) is 11.8 Å². The molecule has 1 unspecified atom stereocenters. The molecule has 0 fully saturated rings. The van der Waals surface area contributed by atoms with Crippen molar-refractivity contribution in [1.29, 1.82) is 5.26 Å². The standard InChI is InChI=1S/C11H13FN2O/c1-14-10(5-6-13)8-3-4-11(15-2)9(12)7-8/h3-4,7,10,14H,5H2,1-2H3. The maximum Gasteiger partial charge on any atom is 0.165 e. The molecule has 0 aliphatic heterocycles. The molecule has 1 N–H and O–H groups in total. The smallest absolute Gasteiger partial charge is 0.165 e. The molecule has 4 heteroatoms. The van der Waals surface area contributed by atoms with Crippen LogP contribution in [0.5, 0.6) is 5.75 Å². The van der Waals surface area contributed by atoms with Gasteiger partial charge in [0.2, 0.25) is 0 Å². The monoisotopic (exact) mass is 208 g/mol. The Morgan fingerprint density at radius 2 is 2.33 bits per heavy atom. The van der Waals surface area contributed by atoms with Crippen molar-refractivity contribution < 1.29 is 9.13 Å². The van der Waals surface area contributed by atoms with Gasteiger partial charge in [-0.15, -0.1) is 0 Å². The van der Waals surface area contributed by atoms with Gasteiger partial charge in [0.25, 0.3) is 0 Å². The number of hydrogen-bond acceptors (Lipinski definition) is 3. The highest BCUT2D eigenvalue weighted by Gasteiger charge is 2.11. The molecule has 0 amide bonds. The second-order valence-electron chi connectivity index (χ2n) is 3.10. The van der Waals surface area contributed by atoms with Crippen molar-refractivity contribution >= 4 is 0 Å². The number of rotatable bonds is 4. The zero-order valence-electron chi connectivity index (χ0n) is 8.75. The predicted octanol–water partition coefficient (Wildman–Crippen LogP) is 2.01. The average Bonchev–Trinajstić information content (AvgIpc) is 2.25. The number of ether oxygens (including phenoxy) is 1. The number of methoxy groups -OCH3 is 1. The molecule has 0 bridgehead atoms. The fraction of sp³-hybridized carbons (Fsp3) is 0.364. The van der Waals surface area contributed by atoms with Gasteiger partial charge in [-0.2, -0.15) is 5.26 Å². The van der Waals surface area contributed by atoms with Crippen molar-refractivity contribution in [2.45, 2.75) is 12.5 Å². The lowest BCUT2D eigenvalue weighted by atomic mass is 10.0. The van der Waals surface area contributed by atoms with Gasteiger partial charge in [0, 0.05) is 6.04 Å². The number of benzene rings is 1. The van der Waals surface area contributed by atoms with Crippen LogP contribution in [0, 0.1) is 17.1 Å². The van der Waals surface area contributed by atoms with E-state index >= 15 is 0 Å². The summed E-state index contributed by atoms with van der Waals surface area (Å²) in [5, 5.41) is 11.5. The molecule has 0 aliphatic rings. The van der Waals surface area contributed by atoms with E-state index < -0.39 is 5.82 Å². The lowest BCUT2D eigenvalue weighted by molar-refractivity contribution is 0.385. The first-order valence-corrected chi connectivity index (χ1v) is 4.60. The van der Waals surface area contributed by atoms with E-state index in [0.29, 0.717) is 6.42 Å². The fourth-order valence-electron chi connectivity index (χ4n) is 1.38. The maximum absolute atomic E-state index is 13.4. The quantitative estimate of drug-likeness (QED) is 0.823. The molecule has 1 atom stereocenters. The minimum absolute atomic E-state index is 0.143. The summed E-state index contributed by atoms with van der Waals surface area (Å²) in [7, 11) is 3.16. The fourth-order valence-corrected chi connectivity index (χ4v) is 1.38. The summed E-state index contributed by atoms with van der Waals surface area (Å²) >= 11 is 0. The third-order valence-electron chi connectivity index (χ3n) is 2.22. The molecule has 0 aliphatic carbocycles. The molecular formula is C11H13FN2O. The van der Waals surface area contributed by atoms with Gasteiger partial charge in [-0.05, 0) is 24.7 Å². The maximum atomic E-state index is 13.4. The minimum atomic E-state index is -0.409. The SMILES string of the molecule is CNC(CC#N)c1ccc(OC)c(F)c1. The Bertz CT molecular complexity index is 373. The molecule has 15 heavy (non-hydrogen) atoms. The van der Waals surface area contributed by atoms with Crippen molar-refractivity contribution in [3.8, 4) is 11.8 Å². The van der Waals surface area contributed by atoms with Crippen molar-refractivity contribution in [3.05, 3.63) is 29.6 Å². The molecule has 80 valence electrons. The van der Waals surface area contributed by atoms with Gasteiger partial charge in [0.05, 0.1) is 19.6 Å². The molecule has 1 aromatic carbocycles. The Labute approximate surface area is 88.5 Å². The molecule has 0 heterocycles. The summed E-state index contributed by atoms with van der Waals surface area (Å²) in [5.74, 6) is -0.196. The van der Waals surface area contributed by atoms with Crippen LogP contribution in [0.1, 0.15) is 18.0 Å². The molecule has 0 radical (unpaired) electrons. The van der Waals surface area contributed by atoms with E-state index in [1.807, 2.05) is 6.07 Å². The third-order valence-corrected chi connectivity index (χ3v) is 2.22. The summed E-state index contributed by atoms with van der Waals surface area (Å²) in [6.07, 6.45) is 0.308. The van der Waals surface area contributed by atoms with Crippen molar-refractivity contribution in [1.82, 2.24) is 5.32 Å². The third kappa shape index (κ3) is 2.67. The van der Waals surface area contributed by atoms with Crippen molar-refractivity contribution in [2.24, 2.45) is 0 Å². The topological polar surface area (TPSA) is 45.0 Å². The lowest BCUT2D eigenvalue weighted by Gasteiger charge is -2.13. The van der Waals surface area contributed by atoms with Gasteiger partial charge in [-0.3, -0.25) is 0 Å². The van der Waals surface area contributed by atoms with Crippen LogP contribution in [-0.4, -0.2) is 14.2 Å². The highest BCUT2D eigenvalue weighted by atomic mass is 19.1. The van der Waals surface area contributed by atoms with Crippen LogP contribution >= 0.6 is 0 Å². The van der Waals surface area contributed by atoms with Gasteiger partial charge in [0.15, 0.2) is 11.6 Å². The molecule has 1 aromatic rings. The van der Waals surface area contributed by atoms with Gasteiger partial charge in [-0.1, -0.05) is 6.07 Å². The van der Waals surface area contributed by atoms with Crippen LogP contribution < -0.4 is 10.1 Å². The number of nitrogens with one attached hydrogen (secondary N) is 1. The summed E-state index contributed by atoms with van der Waals surface area (Å²) in [5.41, 5.74) is 0.748. The summed E-state index contributed by atoms with van der Waals surface area (Å²) < 4.78 is 18.2. The first-order chi connectivity index (χ1) is 7.22. The number of halogens is 1. The van der Waals surface area contributed by atoms with Crippen molar-refractivity contribution in [3.63, 3.8) is 0 Å². The van der Waals surface area contributed by atoms with Gasteiger partial charge >= 0.3 is 0 Å². The molecule has 0 saturated heterocycles. The molecule has 0 aromatic heterocycles. The van der Waals surface area contributed by atoms with E-state index in [1.165, 1.54) is 13.2 Å². The number of nitriles is 1. The molecular weight excluding hydrogens is 195 g/mol. The summed E-state index contributed by atoms with van der Waals surface area (Å²) in [6.45, 7) is 0. The van der Waals surface area contributed by atoms with E-state index in [9.17, 15) is 4.39 Å². The van der Waals surface area contributed by atoms with Crippen LogP contribution in [0.2, 0.25) is 0 Å². The number of nitrogens with zero attached hydrogens (tertiary/aromatic N) is 1. The van der Waals surface area contributed by atoms with Crippen LogP contribution in [0.15, 0.2) is 18.2 Å². The van der Waals surface area contributed by atoms with E-state index in [4.69, 9.17) is 10.00 Å². The first-order valence-electron chi connectivity index (χ1n) is 4.60. The zero-order chi connectivity index (χ0) is 11.3. The van der Waals surface area contributed by atoms with Crippen LogP contribution in [0.25, 0.3) is 0 Å². The van der Waals surface area contributed by atoms with E-state index in [0.717, 1.165) is 5.56 Å². The van der Waals surface area contributed by atoms with Crippen LogP contribution in [0.4, 0.5) is 4.39 Å². The Balaban J connectivity index is 2.95. The molecule has 0 spiro atoms. The van der Waals surface area contributed by atoms with Crippen molar-refractivity contribution in [2.75, 3.05) is 14.2 Å². The van der Waals surface area contributed by atoms with Crippen LogP contribution in [0.3, 0.4) is 0 Å².